The third kappa shape index (κ3) is 5.17. The fourth-order valence-corrected chi connectivity index (χ4v) is 2.70. The molecule has 0 bridgehead atoms. The van der Waals surface area contributed by atoms with Gasteiger partial charge >= 0.3 is 0 Å². The fraction of sp³-hybridized carbons (Fsp3) is 0.667. The molecule has 1 heterocycles. The lowest BCUT2D eigenvalue weighted by Crippen LogP contribution is -2.26. The van der Waals surface area contributed by atoms with Crippen LogP contribution in [0.1, 0.15) is 49.0 Å². The Kier molecular flexibility index (Phi) is 6.73. The molecule has 1 unspecified atom stereocenters. The van der Waals surface area contributed by atoms with E-state index in [1.807, 2.05) is 13.1 Å². The first-order valence-electron chi connectivity index (χ1n) is 5.97. The van der Waals surface area contributed by atoms with E-state index in [-0.39, 0.29) is 11.9 Å². The maximum Gasteiger partial charge on any atom is 0.220 e. The van der Waals surface area contributed by atoms with E-state index in [1.54, 1.807) is 11.3 Å². The van der Waals surface area contributed by atoms with E-state index in [2.05, 4.69) is 33.2 Å². The van der Waals surface area contributed by atoms with Crippen LogP contribution in [0.3, 0.4) is 0 Å². The van der Waals surface area contributed by atoms with Gasteiger partial charge in [0.25, 0.3) is 0 Å². The number of hydrogen-bond acceptors (Lipinski definition) is 3. The summed E-state index contributed by atoms with van der Waals surface area (Å²) in [6.07, 6.45) is 5.47. The van der Waals surface area contributed by atoms with Crippen molar-refractivity contribution in [2.24, 2.45) is 0 Å². The van der Waals surface area contributed by atoms with Gasteiger partial charge in [-0.2, -0.15) is 0 Å². The number of alkyl halides is 1. The second-order valence-electron chi connectivity index (χ2n) is 3.95. The van der Waals surface area contributed by atoms with Gasteiger partial charge in [0.1, 0.15) is 5.01 Å². The molecule has 0 spiro atoms. The third-order valence-electron chi connectivity index (χ3n) is 2.46. The molecule has 1 amide bonds. The highest BCUT2D eigenvalue weighted by atomic mass is 79.9. The third-order valence-corrected chi connectivity index (χ3v) is 4.34. The van der Waals surface area contributed by atoms with Crippen molar-refractivity contribution in [3.63, 3.8) is 0 Å². The summed E-state index contributed by atoms with van der Waals surface area (Å²) in [6, 6.07) is 0.0248. The molecule has 1 aromatic rings. The number of thiazole rings is 1. The SMILES string of the molecule is CCc1cnc(C(C)NC(=O)CCCCBr)s1. The van der Waals surface area contributed by atoms with Crippen LogP contribution in [0.5, 0.6) is 0 Å². The number of carbonyl (C=O) groups is 1. The highest BCUT2D eigenvalue weighted by Gasteiger charge is 2.12. The van der Waals surface area contributed by atoms with Crippen LogP contribution in [-0.2, 0) is 11.2 Å². The predicted octanol–water partition coefficient (Wildman–Crippen LogP) is 3.45. The molecule has 1 N–H and O–H groups in total. The number of carbonyl (C=O) groups excluding carboxylic acids is 1. The van der Waals surface area contributed by atoms with Gasteiger partial charge in [0.15, 0.2) is 0 Å². The number of amides is 1. The first kappa shape index (κ1) is 14.6. The molecule has 0 aromatic carbocycles. The molecule has 3 nitrogen and oxygen atoms in total. The molecule has 0 radical (unpaired) electrons. The van der Waals surface area contributed by atoms with E-state index < -0.39 is 0 Å². The van der Waals surface area contributed by atoms with Crippen LogP contribution < -0.4 is 5.32 Å². The number of halogens is 1. The number of hydrogen-bond donors (Lipinski definition) is 1. The average molecular weight is 319 g/mol. The maximum absolute atomic E-state index is 11.6. The normalized spacial score (nSPS) is 12.4. The lowest BCUT2D eigenvalue weighted by Gasteiger charge is -2.10. The molecule has 0 fully saturated rings. The smallest absolute Gasteiger partial charge is 0.220 e. The van der Waals surface area contributed by atoms with Gasteiger partial charge in [0.05, 0.1) is 6.04 Å². The number of nitrogens with zero attached hydrogens (tertiary/aromatic N) is 1. The van der Waals surface area contributed by atoms with Crippen LogP contribution in [0, 0.1) is 0 Å². The topological polar surface area (TPSA) is 42.0 Å². The highest BCUT2D eigenvalue weighted by molar-refractivity contribution is 9.09. The molecule has 0 aliphatic carbocycles. The summed E-state index contributed by atoms with van der Waals surface area (Å²) in [5.74, 6) is 0.117. The average Bonchev–Trinajstić information content (AvgIpc) is 2.78. The minimum atomic E-state index is 0.0248. The molecule has 1 atom stereocenters. The number of aryl methyl sites for hydroxylation is 1. The summed E-state index contributed by atoms with van der Waals surface area (Å²) < 4.78 is 0. The summed E-state index contributed by atoms with van der Waals surface area (Å²) in [5, 5.41) is 4.94. The van der Waals surface area contributed by atoms with E-state index in [4.69, 9.17) is 0 Å². The van der Waals surface area contributed by atoms with Crippen molar-refractivity contribution in [1.82, 2.24) is 10.3 Å². The zero-order valence-electron chi connectivity index (χ0n) is 10.3. The summed E-state index contributed by atoms with van der Waals surface area (Å²) >= 11 is 5.04. The maximum atomic E-state index is 11.6. The first-order chi connectivity index (χ1) is 8.17. The number of rotatable bonds is 7. The largest absolute Gasteiger partial charge is 0.347 e. The molecule has 1 aromatic heterocycles. The van der Waals surface area contributed by atoms with Crippen LogP contribution in [0.4, 0.5) is 0 Å². The van der Waals surface area contributed by atoms with Crippen molar-refractivity contribution in [2.75, 3.05) is 5.33 Å². The lowest BCUT2D eigenvalue weighted by atomic mass is 10.2. The van der Waals surface area contributed by atoms with E-state index >= 15 is 0 Å². The van der Waals surface area contributed by atoms with E-state index in [9.17, 15) is 4.79 Å². The predicted molar refractivity (Wildman–Crippen MR) is 75.7 cm³/mol. The summed E-state index contributed by atoms with van der Waals surface area (Å²) in [5.41, 5.74) is 0. The van der Waals surface area contributed by atoms with Crippen molar-refractivity contribution in [1.29, 1.82) is 0 Å². The lowest BCUT2D eigenvalue weighted by molar-refractivity contribution is -0.121. The van der Waals surface area contributed by atoms with Gasteiger partial charge in [-0.05, 0) is 26.2 Å². The Morgan fingerprint density at radius 1 is 1.59 bits per heavy atom. The monoisotopic (exact) mass is 318 g/mol. The highest BCUT2D eigenvalue weighted by Crippen LogP contribution is 2.20. The van der Waals surface area contributed by atoms with Gasteiger partial charge in [0.2, 0.25) is 5.91 Å². The Hall–Kier alpha value is -0.420. The van der Waals surface area contributed by atoms with E-state index in [1.165, 1.54) is 4.88 Å². The molecule has 5 heteroatoms. The Bertz CT molecular complexity index is 354. The summed E-state index contributed by atoms with van der Waals surface area (Å²) in [6.45, 7) is 4.10. The van der Waals surface area contributed by atoms with Crippen molar-refractivity contribution in [2.45, 2.75) is 45.6 Å². The molecule has 0 aliphatic heterocycles. The van der Waals surface area contributed by atoms with Crippen LogP contribution in [0.25, 0.3) is 0 Å². The van der Waals surface area contributed by atoms with Gasteiger partial charge in [-0.25, -0.2) is 4.98 Å². The summed E-state index contributed by atoms with van der Waals surface area (Å²) in [7, 11) is 0. The van der Waals surface area contributed by atoms with Crippen molar-refractivity contribution < 1.29 is 4.79 Å². The molecule has 0 saturated heterocycles. The zero-order valence-corrected chi connectivity index (χ0v) is 12.7. The second-order valence-corrected chi connectivity index (χ2v) is 5.89. The molecule has 1 rings (SSSR count). The van der Waals surface area contributed by atoms with Crippen molar-refractivity contribution in [3.05, 3.63) is 16.1 Å². The summed E-state index contributed by atoms with van der Waals surface area (Å²) in [4.78, 5) is 17.2. The molecule has 96 valence electrons. The molecule has 0 aliphatic rings. The number of aromatic nitrogens is 1. The molecule has 17 heavy (non-hydrogen) atoms. The Morgan fingerprint density at radius 2 is 2.35 bits per heavy atom. The van der Waals surface area contributed by atoms with Crippen LogP contribution >= 0.6 is 27.3 Å². The minimum absolute atomic E-state index is 0.0248. The quantitative estimate of drug-likeness (QED) is 0.618. The molecular formula is C12H19BrN2OS. The van der Waals surface area contributed by atoms with Gasteiger partial charge < -0.3 is 5.32 Å². The van der Waals surface area contributed by atoms with Gasteiger partial charge in [-0.3, -0.25) is 4.79 Å². The van der Waals surface area contributed by atoms with Gasteiger partial charge in [0, 0.05) is 22.8 Å². The van der Waals surface area contributed by atoms with Crippen molar-refractivity contribution >= 4 is 33.2 Å². The van der Waals surface area contributed by atoms with Crippen LogP contribution in [-0.4, -0.2) is 16.2 Å². The van der Waals surface area contributed by atoms with E-state index in [0.29, 0.717) is 6.42 Å². The van der Waals surface area contributed by atoms with Crippen molar-refractivity contribution in [3.8, 4) is 0 Å². The van der Waals surface area contributed by atoms with Crippen LogP contribution in [0.15, 0.2) is 6.20 Å². The standard InChI is InChI=1S/C12H19BrN2OS/c1-3-10-8-14-12(17-10)9(2)15-11(16)6-4-5-7-13/h8-9H,3-7H2,1-2H3,(H,15,16). The molecular weight excluding hydrogens is 300 g/mol. The Balaban J connectivity index is 2.37. The Morgan fingerprint density at radius 3 is 2.94 bits per heavy atom. The minimum Gasteiger partial charge on any atom is -0.347 e. The second kappa shape index (κ2) is 7.82. The van der Waals surface area contributed by atoms with Gasteiger partial charge in [-0.15, -0.1) is 11.3 Å². The zero-order chi connectivity index (χ0) is 12.7. The van der Waals surface area contributed by atoms with Gasteiger partial charge in [-0.1, -0.05) is 22.9 Å². The van der Waals surface area contributed by atoms with Crippen LogP contribution in [0.2, 0.25) is 0 Å². The fourth-order valence-electron chi connectivity index (χ4n) is 1.44. The Labute approximate surface area is 115 Å². The number of nitrogens with one attached hydrogen (secondary N) is 1. The first-order valence-corrected chi connectivity index (χ1v) is 7.91. The van der Waals surface area contributed by atoms with E-state index in [0.717, 1.165) is 29.6 Å². The molecule has 0 saturated carbocycles. The number of unbranched alkanes of at least 4 members (excludes halogenated alkanes) is 1.